The molecule has 0 saturated heterocycles. The molecular weight excluding hydrogens is 265 g/mol. The Hall–Kier alpha value is -0.890. The van der Waals surface area contributed by atoms with E-state index in [2.05, 4.69) is 10.2 Å². The Kier molecular flexibility index (Phi) is 4.06. The average Bonchev–Trinajstić information content (AvgIpc) is 2.96. The predicted octanol–water partition coefficient (Wildman–Crippen LogP) is 2.26. The molecule has 0 spiro atoms. The van der Waals surface area contributed by atoms with E-state index in [9.17, 15) is 13.2 Å². The topological polar surface area (TPSA) is 55.0 Å². The zero-order valence-corrected chi connectivity index (χ0v) is 10.6. The molecule has 2 N–H and O–H groups in total. The van der Waals surface area contributed by atoms with E-state index in [-0.39, 0.29) is 6.04 Å². The van der Waals surface area contributed by atoms with E-state index < -0.39 is 11.2 Å². The van der Waals surface area contributed by atoms with Crippen molar-refractivity contribution in [2.24, 2.45) is 5.73 Å². The summed E-state index contributed by atoms with van der Waals surface area (Å²) in [6.07, 6.45) is -0.227. The van der Waals surface area contributed by atoms with Gasteiger partial charge in [-0.1, -0.05) is 24.2 Å². The van der Waals surface area contributed by atoms with Gasteiger partial charge < -0.3 is 10.6 Å². The van der Waals surface area contributed by atoms with E-state index in [1.165, 1.54) is 0 Å². The number of rotatable bonds is 4. The molecule has 4 nitrogen and oxygen atoms in total. The smallest absolute Gasteiger partial charge is 0.342 e. The van der Waals surface area contributed by atoms with Gasteiger partial charge in [0.25, 0.3) is 0 Å². The third-order valence-corrected chi connectivity index (χ3v) is 4.04. The first-order valence-corrected chi connectivity index (χ1v) is 6.71. The van der Waals surface area contributed by atoms with Crippen molar-refractivity contribution < 1.29 is 13.2 Å². The second-order valence-corrected chi connectivity index (χ2v) is 5.26. The Morgan fingerprint density at radius 2 is 1.94 bits per heavy atom. The van der Waals surface area contributed by atoms with Gasteiger partial charge in [-0.15, -0.1) is 10.2 Å². The molecule has 1 saturated carbocycles. The van der Waals surface area contributed by atoms with Crippen LogP contribution >= 0.6 is 11.3 Å². The van der Waals surface area contributed by atoms with Crippen LogP contribution in [0.2, 0.25) is 0 Å². The number of hydrogen-bond acceptors (Lipinski definition) is 5. The number of halogens is 3. The maximum Gasteiger partial charge on any atom is 0.445 e. The van der Waals surface area contributed by atoms with E-state index >= 15 is 0 Å². The number of nitrogens with two attached hydrogens (primary N) is 1. The SMILES string of the molecule is NCCN(c1nnc(C(F)(F)F)s1)C1CCCC1. The maximum absolute atomic E-state index is 12.5. The number of aromatic nitrogens is 2. The zero-order chi connectivity index (χ0) is 13.2. The molecule has 1 aliphatic carbocycles. The second-order valence-electron chi connectivity index (χ2n) is 4.31. The lowest BCUT2D eigenvalue weighted by Crippen LogP contribution is -2.37. The van der Waals surface area contributed by atoms with Crippen molar-refractivity contribution in [1.29, 1.82) is 0 Å². The normalized spacial score (nSPS) is 17.3. The molecule has 18 heavy (non-hydrogen) atoms. The highest BCUT2D eigenvalue weighted by atomic mass is 32.1. The average molecular weight is 280 g/mol. The van der Waals surface area contributed by atoms with Gasteiger partial charge in [0.2, 0.25) is 10.1 Å². The monoisotopic (exact) mass is 280 g/mol. The summed E-state index contributed by atoms with van der Waals surface area (Å²) >= 11 is 0.598. The summed E-state index contributed by atoms with van der Waals surface area (Å²) in [5, 5.41) is 6.33. The van der Waals surface area contributed by atoms with Gasteiger partial charge in [0.1, 0.15) is 0 Å². The van der Waals surface area contributed by atoms with Gasteiger partial charge in [-0.25, -0.2) is 0 Å². The van der Waals surface area contributed by atoms with Gasteiger partial charge in [-0.3, -0.25) is 0 Å². The third-order valence-electron chi connectivity index (χ3n) is 3.04. The summed E-state index contributed by atoms with van der Waals surface area (Å²) in [5.74, 6) is 0. The largest absolute Gasteiger partial charge is 0.445 e. The fourth-order valence-electron chi connectivity index (χ4n) is 2.24. The van der Waals surface area contributed by atoms with E-state index in [0.717, 1.165) is 25.7 Å². The van der Waals surface area contributed by atoms with Gasteiger partial charge in [0.05, 0.1) is 0 Å². The Morgan fingerprint density at radius 1 is 1.28 bits per heavy atom. The summed E-state index contributed by atoms with van der Waals surface area (Å²) in [5.41, 5.74) is 5.52. The minimum atomic E-state index is -4.42. The third kappa shape index (κ3) is 2.92. The Labute approximate surface area is 107 Å². The lowest BCUT2D eigenvalue weighted by atomic mass is 10.2. The van der Waals surface area contributed by atoms with Crippen LogP contribution in [0.1, 0.15) is 30.7 Å². The highest BCUT2D eigenvalue weighted by Gasteiger charge is 2.37. The molecule has 1 heterocycles. The van der Waals surface area contributed by atoms with E-state index in [1.807, 2.05) is 4.90 Å². The molecule has 0 bridgehead atoms. The fourth-order valence-corrected chi connectivity index (χ4v) is 3.05. The second kappa shape index (κ2) is 5.40. The molecule has 0 unspecified atom stereocenters. The number of alkyl halides is 3. The standard InChI is InChI=1S/C10H15F3N4S/c11-10(12,13)8-15-16-9(18-8)17(6-5-14)7-3-1-2-4-7/h7H,1-6,14H2. The van der Waals surface area contributed by atoms with E-state index in [4.69, 9.17) is 5.73 Å². The van der Waals surface area contributed by atoms with Crippen LogP contribution in [-0.2, 0) is 6.18 Å². The Morgan fingerprint density at radius 3 is 2.44 bits per heavy atom. The lowest BCUT2D eigenvalue weighted by molar-refractivity contribution is -0.138. The van der Waals surface area contributed by atoms with Gasteiger partial charge in [0, 0.05) is 19.1 Å². The predicted molar refractivity (Wildman–Crippen MR) is 63.6 cm³/mol. The van der Waals surface area contributed by atoms with Gasteiger partial charge in [0.15, 0.2) is 0 Å². The van der Waals surface area contributed by atoms with Crippen LogP contribution in [0.5, 0.6) is 0 Å². The van der Waals surface area contributed by atoms with Gasteiger partial charge in [-0.05, 0) is 12.8 Å². The van der Waals surface area contributed by atoms with Crippen molar-refractivity contribution >= 4 is 16.5 Å². The summed E-state index contributed by atoms with van der Waals surface area (Å²) in [4.78, 5) is 1.87. The molecular formula is C10H15F3N4S. The summed E-state index contributed by atoms with van der Waals surface area (Å²) in [7, 11) is 0. The maximum atomic E-state index is 12.5. The van der Waals surface area contributed by atoms with E-state index in [0.29, 0.717) is 29.6 Å². The summed E-state index contributed by atoms with van der Waals surface area (Å²) < 4.78 is 37.5. The number of nitrogens with zero attached hydrogens (tertiary/aromatic N) is 3. The van der Waals surface area contributed by atoms with Crippen LogP contribution in [0.3, 0.4) is 0 Å². The van der Waals surface area contributed by atoms with Crippen LogP contribution in [-0.4, -0.2) is 29.3 Å². The molecule has 1 aromatic heterocycles. The molecule has 0 atom stereocenters. The Bertz CT molecular complexity index is 387. The van der Waals surface area contributed by atoms with Crippen LogP contribution in [0.25, 0.3) is 0 Å². The molecule has 2 rings (SSSR count). The highest BCUT2D eigenvalue weighted by molar-refractivity contribution is 7.15. The highest BCUT2D eigenvalue weighted by Crippen LogP contribution is 2.36. The van der Waals surface area contributed by atoms with Crippen molar-refractivity contribution in [2.45, 2.75) is 37.9 Å². The summed E-state index contributed by atoms with van der Waals surface area (Å²) in [6.45, 7) is 0.925. The molecule has 102 valence electrons. The van der Waals surface area contributed by atoms with Crippen LogP contribution in [0.15, 0.2) is 0 Å². The first-order valence-electron chi connectivity index (χ1n) is 5.90. The minimum absolute atomic E-state index is 0.252. The molecule has 1 aromatic rings. The number of hydrogen-bond donors (Lipinski definition) is 1. The van der Waals surface area contributed by atoms with Crippen LogP contribution in [0.4, 0.5) is 18.3 Å². The molecule has 0 aliphatic heterocycles. The van der Waals surface area contributed by atoms with Crippen LogP contribution < -0.4 is 10.6 Å². The summed E-state index contributed by atoms with van der Waals surface area (Å²) in [6, 6.07) is 0.252. The number of anilines is 1. The minimum Gasteiger partial charge on any atom is -0.342 e. The van der Waals surface area contributed by atoms with Gasteiger partial charge in [-0.2, -0.15) is 13.2 Å². The van der Waals surface area contributed by atoms with Crippen molar-refractivity contribution in [3.05, 3.63) is 5.01 Å². The molecule has 1 aliphatic rings. The van der Waals surface area contributed by atoms with Crippen LogP contribution in [0, 0.1) is 0 Å². The molecule has 1 fully saturated rings. The van der Waals surface area contributed by atoms with Crippen molar-refractivity contribution in [3.8, 4) is 0 Å². The molecule has 0 aromatic carbocycles. The quantitative estimate of drug-likeness (QED) is 0.919. The van der Waals surface area contributed by atoms with Crippen molar-refractivity contribution in [2.75, 3.05) is 18.0 Å². The van der Waals surface area contributed by atoms with Gasteiger partial charge >= 0.3 is 6.18 Å². The van der Waals surface area contributed by atoms with Crippen molar-refractivity contribution in [1.82, 2.24) is 10.2 Å². The molecule has 0 radical (unpaired) electrons. The zero-order valence-electron chi connectivity index (χ0n) is 9.78. The Balaban J connectivity index is 2.17. The molecule has 0 amide bonds. The fraction of sp³-hybridized carbons (Fsp3) is 0.800. The molecule has 8 heteroatoms. The van der Waals surface area contributed by atoms with Crippen molar-refractivity contribution in [3.63, 3.8) is 0 Å². The van der Waals surface area contributed by atoms with E-state index in [1.54, 1.807) is 0 Å². The first-order chi connectivity index (χ1) is 8.52. The first kappa shape index (κ1) is 13.5. The lowest BCUT2D eigenvalue weighted by Gasteiger charge is -2.27.